The summed E-state index contributed by atoms with van der Waals surface area (Å²) in [5.41, 5.74) is 2.05. The Morgan fingerprint density at radius 1 is 1.27 bits per heavy atom. The molecule has 0 aliphatic heterocycles. The number of aromatic nitrogens is 1. The van der Waals surface area contributed by atoms with Gasteiger partial charge < -0.3 is 4.42 Å². The van der Waals surface area contributed by atoms with Crippen molar-refractivity contribution in [1.29, 1.82) is 0 Å². The first-order chi connectivity index (χ1) is 7.20. The fraction of sp³-hybridized carbons (Fsp3) is 0.250. The summed E-state index contributed by atoms with van der Waals surface area (Å²) in [6.45, 7) is 4.03. The van der Waals surface area contributed by atoms with Crippen molar-refractivity contribution in [3.63, 3.8) is 0 Å². The van der Waals surface area contributed by atoms with Crippen molar-refractivity contribution < 1.29 is 4.42 Å². The van der Waals surface area contributed by atoms with Crippen molar-refractivity contribution in [3.05, 3.63) is 40.2 Å². The van der Waals surface area contributed by atoms with Crippen LogP contribution in [0.1, 0.15) is 18.4 Å². The first-order valence-electron chi connectivity index (χ1n) is 4.93. The van der Waals surface area contributed by atoms with Gasteiger partial charge in [0.15, 0.2) is 0 Å². The molecule has 3 heteroatoms. The number of hydrogen-bond donors (Lipinski definition) is 0. The highest BCUT2D eigenvalue weighted by Crippen LogP contribution is 2.23. The summed E-state index contributed by atoms with van der Waals surface area (Å²) in [5, 5.41) is 0. The molecule has 2 aromatic rings. The minimum atomic E-state index is 0.705. The Morgan fingerprint density at radius 2 is 1.93 bits per heavy atom. The monoisotopic (exact) mass is 265 g/mol. The number of halogens is 1. The molecule has 1 heterocycles. The van der Waals surface area contributed by atoms with E-state index in [4.69, 9.17) is 4.42 Å². The zero-order valence-corrected chi connectivity index (χ0v) is 10.3. The number of hydrogen-bond acceptors (Lipinski definition) is 2. The summed E-state index contributed by atoms with van der Waals surface area (Å²) in [6.07, 6.45) is 0.909. The predicted molar refractivity (Wildman–Crippen MR) is 63.8 cm³/mol. The van der Waals surface area contributed by atoms with Gasteiger partial charge in [0.25, 0.3) is 0 Å². The quantitative estimate of drug-likeness (QED) is 0.821. The second-order valence-corrected chi connectivity index (χ2v) is 4.30. The van der Waals surface area contributed by atoms with Gasteiger partial charge in [0.1, 0.15) is 5.76 Å². The lowest BCUT2D eigenvalue weighted by Crippen LogP contribution is -1.82. The van der Waals surface area contributed by atoms with E-state index in [-0.39, 0.29) is 0 Å². The summed E-state index contributed by atoms with van der Waals surface area (Å²) in [5.74, 6) is 1.62. The van der Waals surface area contributed by atoms with Crippen LogP contribution in [0, 0.1) is 6.92 Å². The molecule has 1 aromatic carbocycles. The van der Waals surface area contributed by atoms with Gasteiger partial charge >= 0.3 is 0 Å². The van der Waals surface area contributed by atoms with Crippen LogP contribution in [0.5, 0.6) is 0 Å². The third-order valence-electron chi connectivity index (χ3n) is 2.32. The second kappa shape index (κ2) is 4.19. The lowest BCUT2D eigenvalue weighted by molar-refractivity contribution is 0.539. The first-order valence-corrected chi connectivity index (χ1v) is 5.72. The summed E-state index contributed by atoms with van der Waals surface area (Å²) >= 11 is 3.40. The molecule has 0 saturated carbocycles. The lowest BCUT2D eigenvalue weighted by atomic mass is 10.2. The van der Waals surface area contributed by atoms with Gasteiger partial charge in [-0.2, -0.15) is 0 Å². The van der Waals surface area contributed by atoms with Crippen molar-refractivity contribution in [2.45, 2.75) is 20.3 Å². The van der Waals surface area contributed by atoms with E-state index in [0.29, 0.717) is 5.89 Å². The summed E-state index contributed by atoms with van der Waals surface area (Å²) in [7, 11) is 0. The van der Waals surface area contributed by atoms with Crippen LogP contribution in [0.2, 0.25) is 0 Å². The van der Waals surface area contributed by atoms with Gasteiger partial charge in [-0.05, 0) is 37.6 Å². The topological polar surface area (TPSA) is 26.0 Å². The zero-order chi connectivity index (χ0) is 10.8. The highest BCUT2D eigenvalue weighted by Gasteiger charge is 2.09. The summed E-state index contributed by atoms with van der Waals surface area (Å²) < 4.78 is 6.67. The van der Waals surface area contributed by atoms with Gasteiger partial charge in [-0.25, -0.2) is 4.98 Å². The van der Waals surface area contributed by atoms with E-state index in [1.54, 1.807) is 0 Å². The molecule has 0 N–H and O–H groups in total. The highest BCUT2D eigenvalue weighted by atomic mass is 79.9. The standard InChI is InChI=1S/C12H12BrNO/c1-3-11-8(2)15-12(14-11)9-4-6-10(13)7-5-9/h4-7H,3H2,1-2H3. The fourth-order valence-corrected chi connectivity index (χ4v) is 1.74. The maximum absolute atomic E-state index is 5.61. The number of aryl methyl sites for hydroxylation is 2. The van der Waals surface area contributed by atoms with Crippen molar-refractivity contribution >= 4 is 15.9 Å². The third-order valence-corrected chi connectivity index (χ3v) is 2.85. The van der Waals surface area contributed by atoms with Crippen LogP contribution < -0.4 is 0 Å². The molecule has 0 bridgehead atoms. The molecular weight excluding hydrogens is 254 g/mol. The third kappa shape index (κ3) is 2.12. The Kier molecular flexibility index (Phi) is 2.91. The van der Waals surface area contributed by atoms with Crippen LogP contribution in [0.25, 0.3) is 11.5 Å². The fourth-order valence-electron chi connectivity index (χ4n) is 1.47. The SMILES string of the molecule is CCc1nc(-c2ccc(Br)cc2)oc1C. The molecule has 0 aliphatic carbocycles. The van der Waals surface area contributed by atoms with Gasteiger partial charge in [-0.3, -0.25) is 0 Å². The molecule has 78 valence electrons. The average Bonchev–Trinajstić information content (AvgIpc) is 2.61. The van der Waals surface area contributed by atoms with Crippen LogP contribution in [0.15, 0.2) is 33.2 Å². The van der Waals surface area contributed by atoms with Crippen LogP contribution in [0.3, 0.4) is 0 Å². The molecule has 1 aromatic heterocycles. The maximum Gasteiger partial charge on any atom is 0.226 e. The molecule has 0 aliphatic rings. The summed E-state index contributed by atoms with van der Waals surface area (Å²) in [4.78, 5) is 4.45. The van der Waals surface area contributed by atoms with Gasteiger partial charge in [0.05, 0.1) is 5.69 Å². The van der Waals surface area contributed by atoms with Crippen molar-refractivity contribution in [2.24, 2.45) is 0 Å². The molecule has 0 saturated heterocycles. The molecule has 0 radical (unpaired) electrons. The molecule has 0 fully saturated rings. The maximum atomic E-state index is 5.61. The van der Waals surface area contributed by atoms with Crippen LogP contribution in [-0.4, -0.2) is 4.98 Å². The molecule has 15 heavy (non-hydrogen) atoms. The van der Waals surface area contributed by atoms with E-state index in [2.05, 4.69) is 27.8 Å². The normalized spacial score (nSPS) is 10.6. The molecule has 2 rings (SSSR count). The van der Waals surface area contributed by atoms with Crippen LogP contribution in [-0.2, 0) is 6.42 Å². The lowest BCUT2D eigenvalue weighted by Gasteiger charge is -1.94. The minimum Gasteiger partial charge on any atom is -0.441 e. The smallest absolute Gasteiger partial charge is 0.226 e. The van der Waals surface area contributed by atoms with E-state index in [9.17, 15) is 0 Å². The molecule has 0 spiro atoms. The summed E-state index contributed by atoms with van der Waals surface area (Å²) in [6, 6.07) is 7.96. The zero-order valence-electron chi connectivity index (χ0n) is 8.75. The van der Waals surface area contributed by atoms with Gasteiger partial charge in [-0.15, -0.1) is 0 Å². The molecule has 0 unspecified atom stereocenters. The van der Waals surface area contributed by atoms with Gasteiger partial charge in [0.2, 0.25) is 5.89 Å². The Hall–Kier alpha value is -1.09. The van der Waals surface area contributed by atoms with Crippen LogP contribution >= 0.6 is 15.9 Å². The average molecular weight is 266 g/mol. The Morgan fingerprint density at radius 3 is 2.47 bits per heavy atom. The highest BCUT2D eigenvalue weighted by molar-refractivity contribution is 9.10. The van der Waals surface area contributed by atoms with Crippen molar-refractivity contribution in [3.8, 4) is 11.5 Å². The Balaban J connectivity index is 2.41. The van der Waals surface area contributed by atoms with E-state index in [1.807, 2.05) is 31.2 Å². The number of nitrogens with zero attached hydrogens (tertiary/aromatic N) is 1. The van der Waals surface area contributed by atoms with Crippen molar-refractivity contribution in [1.82, 2.24) is 4.98 Å². The largest absolute Gasteiger partial charge is 0.441 e. The number of oxazole rings is 1. The number of benzene rings is 1. The van der Waals surface area contributed by atoms with E-state index in [1.165, 1.54) is 0 Å². The Bertz CT molecular complexity index is 459. The minimum absolute atomic E-state index is 0.705. The van der Waals surface area contributed by atoms with E-state index in [0.717, 1.165) is 27.9 Å². The van der Waals surface area contributed by atoms with E-state index >= 15 is 0 Å². The molecule has 0 amide bonds. The second-order valence-electron chi connectivity index (χ2n) is 3.38. The van der Waals surface area contributed by atoms with E-state index < -0.39 is 0 Å². The predicted octanol–water partition coefficient (Wildman–Crippen LogP) is 3.97. The molecule has 0 atom stereocenters. The van der Waals surface area contributed by atoms with Crippen molar-refractivity contribution in [2.75, 3.05) is 0 Å². The molecule has 2 nitrogen and oxygen atoms in total. The Labute approximate surface area is 97.5 Å². The van der Waals surface area contributed by atoms with Gasteiger partial charge in [0, 0.05) is 10.0 Å². The molecular formula is C12H12BrNO. The van der Waals surface area contributed by atoms with Gasteiger partial charge in [-0.1, -0.05) is 22.9 Å². The number of rotatable bonds is 2. The first kappa shape index (κ1) is 10.4. The van der Waals surface area contributed by atoms with Crippen LogP contribution in [0.4, 0.5) is 0 Å².